The molecule has 3 fully saturated rings. The molecule has 0 heterocycles. The Kier molecular flexibility index (Phi) is 3.91. The summed E-state index contributed by atoms with van der Waals surface area (Å²) in [4.78, 5) is 24.0. The molecule has 25 heavy (non-hydrogen) atoms. The van der Waals surface area contributed by atoms with Crippen LogP contribution >= 0.6 is 0 Å². The van der Waals surface area contributed by atoms with Gasteiger partial charge in [0.25, 0.3) is 0 Å². The molecule has 0 aromatic rings. The number of fused-ring (bicyclic) bond motifs is 5. The van der Waals surface area contributed by atoms with Crippen LogP contribution < -0.4 is 0 Å². The second-order valence-electron chi connectivity index (χ2n) is 9.43. The summed E-state index contributed by atoms with van der Waals surface area (Å²) in [6, 6.07) is 0. The molecule has 7 atom stereocenters. The Morgan fingerprint density at radius 1 is 1.28 bits per heavy atom. The molecule has 4 heteroatoms. The average molecular weight is 346 g/mol. The Bertz CT molecular complexity index is 638. The first-order chi connectivity index (χ1) is 11.8. The van der Waals surface area contributed by atoms with Gasteiger partial charge >= 0.3 is 5.97 Å². The largest absolute Gasteiger partial charge is 0.481 e. The fourth-order valence-corrected chi connectivity index (χ4v) is 7.15. The monoisotopic (exact) mass is 346 g/mol. The van der Waals surface area contributed by atoms with Crippen molar-refractivity contribution >= 4 is 11.8 Å². The van der Waals surface area contributed by atoms with E-state index in [4.69, 9.17) is 0 Å². The Balaban J connectivity index is 1.72. The second-order valence-corrected chi connectivity index (χ2v) is 9.43. The lowest BCUT2D eigenvalue weighted by atomic mass is 9.45. The highest BCUT2D eigenvalue weighted by Crippen LogP contribution is 2.65. The van der Waals surface area contributed by atoms with Gasteiger partial charge in [0.2, 0.25) is 0 Å². The van der Waals surface area contributed by atoms with Crippen molar-refractivity contribution in [1.29, 1.82) is 0 Å². The molecule has 138 valence electrons. The van der Waals surface area contributed by atoms with E-state index in [0.29, 0.717) is 36.4 Å². The third-order valence-electron chi connectivity index (χ3n) is 8.53. The van der Waals surface area contributed by atoms with Crippen LogP contribution in [0.1, 0.15) is 65.2 Å². The number of aliphatic hydroxyl groups excluding tert-OH is 1. The smallest absolute Gasteiger partial charge is 0.303 e. The summed E-state index contributed by atoms with van der Waals surface area (Å²) in [6.45, 7) is 4.43. The van der Waals surface area contributed by atoms with E-state index in [1.165, 1.54) is 5.57 Å². The zero-order valence-corrected chi connectivity index (χ0v) is 15.3. The van der Waals surface area contributed by atoms with E-state index in [1.807, 2.05) is 0 Å². The molecule has 0 aromatic heterocycles. The number of allylic oxidation sites excluding steroid dienone is 1. The maximum Gasteiger partial charge on any atom is 0.303 e. The third kappa shape index (κ3) is 2.36. The lowest BCUT2D eigenvalue weighted by molar-refractivity contribution is -0.142. The number of hydrogen-bond donors (Lipinski definition) is 2. The lowest BCUT2D eigenvalue weighted by Crippen LogP contribution is -2.54. The van der Waals surface area contributed by atoms with Gasteiger partial charge in [-0.15, -0.1) is 0 Å². The fourth-order valence-electron chi connectivity index (χ4n) is 7.15. The number of hydrogen-bond acceptors (Lipinski definition) is 3. The molecule has 3 saturated carbocycles. The number of rotatable bonds is 2. The number of ketones is 1. The van der Waals surface area contributed by atoms with Gasteiger partial charge in [-0.25, -0.2) is 0 Å². The van der Waals surface area contributed by atoms with Gasteiger partial charge in [-0.05, 0) is 67.6 Å². The van der Waals surface area contributed by atoms with Crippen molar-refractivity contribution in [2.45, 2.75) is 71.3 Å². The number of carbonyl (C=O) groups excluding carboxylic acids is 1. The number of carboxylic acid groups (broad SMARTS) is 1. The SMILES string of the molecule is C[C@]12CC[C@@H]3[C@@H](CC=C4CC(O)CC(CC(=O)O)[C@@]43C)[C@@H]1CCC2=O. The van der Waals surface area contributed by atoms with Gasteiger partial charge in [0.05, 0.1) is 6.10 Å². The van der Waals surface area contributed by atoms with Crippen LogP contribution in [-0.2, 0) is 9.59 Å². The van der Waals surface area contributed by atoms with Gasteiger partial charge in [0.1, 0.15) is 5.78 Å². The summed E-state index contributed by atoms with van der Waals surface area (Å²) >= 11 is 0. The highest BCUT2D eigenvalue weighted by Gasteiger charge is 2.60. The minimum atomic E-state index is -0.765. The lowest BCUT2D eigenvalue weighted by Gasteiger charge is -2.59. The van der Waals surface area contributed by atoms with Crippen LogP contribution in [0, 0.1) is 34.5 Å². The number of aliphatic hydroxyl groups is 1. The first-order valence-corrected chi connectivity index (χ1v) is 9.89. The maximum atomic E-state index is 12.5. The molecule has 4 aliphatic rings. The molecule has 0 aromatic carbocycles. The minimum absolute atomic E-state index is 0.00531. The Morgan fingerprint density at radius 2 is 2.04 bits per heavy atom. The highest BCUT2D eigenvalue weighted by atomic mass is 16.4. The molecule has 4 rings (SSSR count). The zero-order valence-electron chi connectivity index (χ0n) is 15.3. The van der Waals surface area contributed by atoms with Gasteiger partial charge in [0.15, 0.2) is 0 Å². The molecule has 2 unspecified atom stereocenters. The van der Waals surface area contributed by atoms with E-state index in [-0.39, 0.29) is 23.2 Å². The zero-order chi connectivity index (χ0) is 18.0. The third-order valence-corrected chi connectivity index (χ3v) is 8.53. The van der Waals surface area contributed by atoms with Gasteiger partial charge < -0.3 is 10.2 Å². The van der Waals surface area contributed by atoms with Crippen LogP contribution in [0.3, 0.4) is 0 Å². The number of carboxylic acids is 1. The van der Waals surface area contributed by atoms with Gasteiger partial charge in [0, 0.05) is 18.3 Å². The molecule has 0 radical (unpaired) electrons. The molecular weight excluding hydrogens is 316 g/mol. The van der Waals surface area contributed by atoms with Crippen LogP contribution in [0.4, 0.5) is 0 Å². The van der Waals surface area contributed by atoms with Crippen LogP contribution in [0.2, 0.25) is 0 Å². The summed E-state index contributed by atoms with van der Waals surface area (Å²) in [5, 5.41) is 19.7. The predicted molar refractivity (Wildman–Crippen MR) is 93.8 cm³/mol. The first-order valence-electron chi connectivity index (χ1n) is 9.89. The second kappa shape index (κ2) is 5.67. The molecule has 0 bridgehead atoms. The Hall–Kier alpha value is -1.16. The minimum Gasteiger partial charge on any atom is -0.481 e. The molecule has 4 aliphatic carbocycles. The Morgan fingerprint density at radius 3 is 2.76 bits per heavy atom. The predicted octanol–water partition coefficient (Wildman–Crippen LogP) is 3.58. The quantitative estimate of drug-likeness (QED) is 0.750. The molecular formula is C21H30O4. The maximum absolute atomic E-state index is 12.5. The van der Waals surface area contributed by atoms with Gasteiger partial charge in [-0.2, -0.15) is 0 Å². The van der Waals surface area contributed by atoms with Crippen LogP contribution in [0.15, 0.2) is 11.6 Å². The molecule has 0 amide bonds. The van der Waals surface area contributed by atoms with Gasteiger partial charge in [-0.1, -0.05) is 25.5 Å². The molecule has 0 aliphatic heterocycles. The Labute approximate surface area is 149 Å². The summed E-state index contributed by atoms with van der Waals surface area (Å²) in [6.07, 6.45) is 7.98. The van der Waals surface area contributed by atoms with Crippen molar-refractivity contribution in [3.63, 3.8) is 0 Å². The van der Waals surface area contributed by atoms with Gasteiger partial charge in [-0.3, -0.25) is 9.59 Å². The molecule has 2 N–H and O–H groups in total. The normalized spacial score (nSPS) is 49.0. The van der Waals surface area contributed by atoms with Crippen molar-refractivity contribution < 1.29 is 19.8 Å². The fraction of sp³-hybridized carbons (Fsp3) is 0.810. The summed E-state index contributed by atoms with van der Waals surface area (Å²) < 4.78 is 0. The summed E-state index contributed by atoms with van der Waals surface area (Å²) in [5.41, 5.74) is 0.999. The van der Waals surface area contributed by atoms with E-state index < -0.39 is 12.1 Å². The number of aliphatic carboxylic acids is 1. The van der Waals surface area contributed by atoms with E-state index in [2.05, 4.69) is 19.9 Å². The molecule has 0 saturated heterocycles. The van der Waals surface area contributed by atoms with E-state index in [1.54, 1.807) is 0 Å². The molecule has 4 nitrogen and oxygen atoms in total. The van der Waals surface area contributed by atoms with Crippen molar-refractivity contribution in [2.24, 2.45) is 34.5 Å². The van der Waals surface area contributed by atoms with Crippen LogP contribution in [0.25, 0.3) is 0 Å². The molecule has 0 spiro atoms. The van der Waals surface area contributed by atoms with E-state index in [9.17, 15) is 19.8 Å². The van der Waals surface area contributed by atoms with Crippen molar-refractivity contribution in [3.8, 4) is 0 Å². The first kappa shape index (κ1) is 17.3. The summed E-state index contributed by atoms with van der Waals surface area (Å²) in [5.74, 6) is 1.06. The van der Waals surface area contributed by atoms with E-state index in [0.717, 1.165) is 32.1 Å². The number of Topliss-reactive ketones (excluding diaryl/α,β-unsaturated/α-hetero) is 1. The topological polar surface area (TPSA) is 74.6 Å². The van der Waals surface area contributed by atoms with E-state index >= 15 is 0 Å². The highest BCUT2D eigenvalue weighted by molar-refractivity contribution is 5.87. The average Bonchev–Trinajstić information content (AvgIpc) is 2.84. The standard InChI is InChI=1S/C21H30O4/c1-20-8-7-17-15(16(20)5-6-18(20)23)4-3-12-9-14(22)10-13(11-19(24)25)21(12,17)2/h3,13-17,22H,4-11H2,1-2H3,(H,24,25)/t13?,14?,15-,16-,17+,20-,21+/m0/s1. The van der Waals surface area contributed by atoms with Crippen molar-refractivity contribution in [3.05, 3.63) is 11.6 Å². The van der Waals surface area contributed by atoms with Crippen LogP contribution in [0.5, 0.6) is 0 Å². The van der Waals surface area contributed by atoms with Crippen molar-refractivity contribution in [2.75, 3.05) is 0 Å². The van der Waals surface area contributed by atoms with Crippen LogP contribution in [-0.4, -0.2) is 28.1 Å². The summed E-state index contributed by atoms with van der Waals surface area (Å²) in [7, 11) is 0. The van der Waals surface area contributed by atoms with Crippen molar-refractivity contribution in [1.82, 2.24) is 0 Å². The number of carbonyl (C=O) groups is 2.